The Morgan fingerprint density at radius 1 is 1.24 bits per heavy atom. The summed E-state index contributed by atoms with van der Waals surface area (Å²) in [5.41, 5.74) is 0.737. The van der Waals surface area contributed by atoms with E-state index in [-0.39, 0.29) is 12.1 Å². The van der Waals surface area contributed by atoms with Gasteiger partial charge in [0.25, 0.3) is 0 Å². The first kappa shape index (κ1) is 18.2. The number of aliphatic hydroxyl groups excluding tert-OH is 1. The van der Waals surface area contributed by atoms with Gasteiger partial charge >= 0.3 is 6.09 Å². The third-order valence-electron chi connectivity index (χ3n) is 4.88. The van der Waals surface area contributed by atoms with Crippen LogP contribution in [0.15, 0.2) is 30.3 Å². The van der Waals surface area contributed by atoms with Gasteiger partial charge in [0.1, 0.15) is 5.60 Å². The first-order chi connectivity index (χ1) is 11.8. The summed E-state index contributed by atoms with van der Waals surface area (Å²) in [6.07, 6.45) is 1.33. The van der Waals surface area contributed by atoms with Gasteiger partial charge in [-0.25, -0.2) is 4.79 Å². The summed E-state index contributed by atoms with van der Waals surface area (Å²) in [5.74, 6) is 0.326. The zero-order valence-electron chi connectivity index (χ0n) is 15.5. The number of benzene rings is 1. The summed E-state index contributed by atoms with van der Waals surface area (Å²) in [7, 11) is 0. The van der Waals surface area contributed by atoms with E-state index in [0.29, 0.717) is 19.0 Å². The molecule has 0 aromatic heterocycles. The summed E-state index contributed by atoms with van der Waals surface area (Å²) in [5, 5.41) is 10.7. The Balaban J connectivity index is 1.69. The fraction of sp³-hybridized carbons (Fsp3) is 0.650. The normalized spacial score (nSPS) is 23.4. The van der Waals surface area contributed by atoms with E-state index < -0.39 is 11.7 Å². The summed E-state index contributed by atoms with van der Waals surface area (Å²) < 4.78 is 5.57. The first-order valence-corrected chi connectivity index (χ1v) is 9.27. The van der Waals surface area contributed by atoms with Crippen molar-refractivity contribution >= 4 is 6.09 Å². The average molecular weight is 346 g/mol. The van der Waals surface area contributed by atoms with Crippen LogP contribution in [0, 0.1) is 5.92 Å². The van der Waals surface area contributed by atoms with Gasteiger partial charge in [0.05, 0.1) is 12.1 Å². The fourth-order valence-electron chi connectivity index (χ4n) is 3.45. The van der Waals surface area contributed by atoms with Gasteiger partial charge < -0.3 is 14.7 Å². The topological polar surface area (TPSA) is 53.0 Å². The van der Waals surface area contributed by atoms with Crippen LogP contribution in [0.3, 0.4) is 0 Å². The largest absolute Gasteiger partial charge is 0.444 e. The first-order valence-electron chi connectivity index (χ1n) is 9.27. The lowest BCUT2D eigenvalue weighted by molar-refractivity contribution is -0.0384. The predicted octanol–water partition coefficient (Wildman–Crippen LogP) is 2.88. The molecule has 25 heavy (non-hydrogen) atoms. The predicted molar refractivity (Wildman–Crippen MR) is 97.2 cm³/mol. The molecule has 1 amide bonds. The molecule has 1 heterocycles. The maximum Gasteiger partial charge on any atom is 0.410 e. The lowest BCUT2D eigenvalue weighted by Crippen LogP contribution is -2.60. The highest BCUT2D eigenvalue weighted by Crippen LogP contribution is 2.36. The van der Waals surface area contributed by atoms with E-state index in [4.69, 9.17) is 4.74 Å². The van der Waals surface area contributed by atoms with Crippen LogP contribution in [0.4, 0.5) is 4.79 Å². The van der Waals surface area contributed by atoms with Crippen LogP contribution in [0.2, 0.25) is 0 Å². The van der Waals surface area contributed by atoms with Crippen molar-refractivity contribution in [2.24, 2.45) is 5.92 Å². The second-order valence-electron chi connectivity index (χ2n) is 8.29. The number of amides is 1. The molecule has 138 valence electrons. The molecule has 1 N–H and O–H groups in total. The maximum absolute atomic E-state index is 12.6. The summed E-state index contributed by atoms with van der Waals surface area (Å²) in [4.78, 5) is 16.7. The molecule has 0 bridgehead atoms. The monoisotopic (exact) mass is 346 g/mol. The molecule has 5 nitrogen and oxygen atoms in total. The number of hydrogen-bond acceptors (Lipinski definition) is 4. The van der Waals surface area contributed by atoms with Crippen LogP contribution < -0.4 is 0 Å². The van der Waals surface area contributed by atoms with Gasteiger partial charge in [-0.3, -0.25) is 4.90 Å². The third kappa shape index (κ3) is 4.95. The molecule has 1 aliphatic heterocycles. The van der Waals surface area contributed by atoms with E-state index in [9.17, 15) is 9.90 Å². The van der Waals surface area contributed by atoms with E-state index in [0.717, 1.165) is 25.9 Å². The second-order valence-corrected chi connectivity index (χ2v) is 8.29. The van der Waals surface area contributed by atoms with E-state index in [2.05, 4.69) is 17.0 Å². The SMILES string of the molecule is CC(C)(C)OC(=O)N1CCN(Cc2ccccc2)C[C@H]1C(O)C1CC1. The van der Waals surface area contributed by atoms with E-state index in [1.807, 2.05) is 39.0 Å². The molecular formula is C20H30N2O3. The van der Waals surface area contributed by atoms with Crippen molar-refractivity contribution in [2.45, 2.75) is 57.9 Å². The number of piperazine rings is 1. The molecule has 1 aromatic carbocycles. The smallest absolute Gasteiger partial charge is 0.410 e. The van der Waals surface area contributed by atoms with E-state index in [1.54, 1.807) is 4.90 Å². The maximum atomic E-state index is 12.6. The lowest BCUT2D eigenvalue weighted by atomic mass is 10.0. The van der Waals surface area contributed by atoms with Gasteiger partial charge in [0, 0.05) is 26.2 Å². The Labute approximate surface area is 150 Å². The second kappa shape index (κ2) is 7.34. The molecule has 3 rings (SSSR count). The highest BCUT2D eigenvalue weighted by atomic mass is 16.6. The van der Waals surface area contributed by atoms with Crippen molar-refractivity contribution in [3.63, 3.8) is 0 Å². The summed E-state index contributed by atoms with van der Waals surface area (Å²) >= 11 is 0. The Bertz CT molecular complexity index is 580. The van der Waals surface area contributed by atoms with Gasteiger partial charge in [0.2, 0.25) is 0 Å². The molecule has 0 radical (unpaired) electrons. The third-order valence-corrected chi connectivity index (χ3v) is 4.88. The molecule has 1 saturated heterocycles. The van der Waals surface area contributed by atoms with Crippen LogP contribution in [0.5, 0.6) is 0 Å². The highest BCUT2D eigenvalue weighted by molar-refractivity contribution is 5.69. The minimum absolute atomic E-state index is 0.195. The number of ether oxygens (including phenoxy) is 1. The van der Waals surface area contributed by atoms with Crippen molar-refractivity contribution in [1.29, 1.82) is 0 Å². The fourth-order valence-corrected chi connectivity index (χ4v) is 3.45. The Hall–Kier alpha value is -1.59. The van der Waals surface area contributed by atoms with Gasteiger partial charge in [0.15, 0.2) is 0 Å². The molecule has 2 fully saturated rings. The Kier molecular flexibility index (Phi) is 5.35. The quantitative estimate of drug-likeness (QED) is 0.911. The summed E-state index contributed by atoms with van der Waals surface area (Å²) in [6.45, 7) is 8.55. The van der Waals surface area contributed by atoms with Crippen LogP contribution in [-0.4, -0.2) is 58.4 Å². The lowest BCUT2D eigenvalue weighted by Gasteiger charge is -2.43. The van der Waals surface area contributed by atoms with Gasteiger partial charge in [-0.1, -0.05) is 30.3 Å². The number of nitrogens with zero attached hydrogens (tertiary/aromatic N) is 2. The zero-order valence-corrected chi connectivity index (χ0v) is 15.5. The zero-order chi connectivity index (χ0) is 18.0. The van der Waals surface area contributed by atoms with E-state index >= 15 is 0 Å². The molecule has 1 aromatic rings. The number of rotatable bonds is 4. The minimum Gasteiger partial charge on any atom is -0.444 e. The number of hydrogen-bond donors (Lipinski definition) is 1. The molecule has 1 aliphatic carbocycles. The van der Waals surface area contributed by atoms with Crippen molar-refractivity contribution < 1.29 is 14.6 Å². The van der Waals surface area contributed by atoms with Crippen molar-refractivity contribution in [3.8, 4) is 0 Å². The molecule has 1 saturated carbocycles. The minimum atomic E-state index is -0.520. The number of carbonyl (C=O) groups is 1. The standard InChI is InChI=1S/C20H30N2O3/c1-20(2,3)25-19(24)22-12-11-21(13-15-7-5-4-6-8-15)14-17(22)18(23)16-9-10-16/h4-8,16-18,23H,9-14H2,1-3H3/t17-,18?/m0/s1. The van der Waals surface area contributed by atoms with Gasteiger partial charge in [-0.05, 0) is 45.1 Å². The Morgan fingerprint density at radius 3 is 2.52 bits per heavy atom. The van der Waals surface area contributed by atoms with Crippen molar-refractivity contribution in [2.75, 3.05) is 19.6 Å². The van der Waals surface area contributed by atoms with Crippen molar-refractivity contribution in [3.05, 3.63) is 35.9 Å². The van der Waals surface area contributed by atoms with E-state index in [1.165, 1.54) is 5.56 Å². The molecule has 2 atom stereocenters. The number of aliphatic hydroxyl groups is 1. The average Bonchev–Trinajstić information content (AvgIpc) is 3.38. The molecule has 2 aliphatic rings. The van der Waals surface area contributed by atoms with Gasteiger partial charge in [-0.2, -0.15) is 0 Å². The highest BCUT2D eigenvalue weighted by Gasteiger charge is 2.43. The summed E-state index contributed by atoms with van der Waals surface area (Å²) in [6, 6.07) is 10.1. The van der Waals surface area contributed by atoms with Crippen molar-refractivity contribution in [1.82, 2.24) is 9.80 Å². The van der Waals surface area contributed by atoms with Crippen LogP contribution in [0.25, 0.3) is 0 Å². The Morgan fingerprint density at radius 2 is 1.92 bits per heavy atom. The van der Waals surface area contributed by atoms with Crippen LogP contribution in [0.1, 0.15) is 39.2 Å². The molecule has 0 spiro atoms. The van der Waals surface area contributed by atoms with Gasteiger partial charge in [-0.15, -0.1) is 0 Å². The molecular weight excluding hydrogens is 316 g/mol. The van der Waals surface area contributed by atoms with Crippen LogP contribution in [-0.2, 0) is 11.3 Å². The van der Waals surface area contributed by atoms with Crippen LogP contribution >= 0.6 is 0 Å². The molecule has 5 heteroatoms. The molecule has 1 unspecified atom stereocenters. The number of carbonyl (C=O) groups excluding carboxylic acids is 1.